The first kappa shape index (κ1) is 15.5. The molecule has 0 fully saturated rings. The van der Waals surface area contributed by atoms with Gasteiger partial charge in [-0.2, -0.15) is 4.98 Å². The van der Waals surface area contributed by atoms with Crippen LogP contribution in [0.1, 0.15) is 18.7 Å². The summed E-state index contributed by atoms with van der Waals surface area (Å²) in [5, 5.41) is 0.0134. The maximum atomic E-state index is 5.63. The number of aromatic nitrogens is 3. The smallest absolute Gasteiger partial charge is 0.292 e. The lowest BCUT2D eigenvalue weighted by Gasteiger charge is -2.16. The summed E-state index contributed by atoms with van der Waals surface area (Å²) in [6.45, 7) is 5.75. The van der Waals surface area contributed by atoms with E-state index in [1.54, 1.807) is 13.2 Å². The summed E-state index contributed by atoms with van der Waals surface area (Å²) in [7, 11) is 1.61. The number of oxazole rings is 3. The number of halogens is 1. The van der Waals surface area contributed by atoms with Gasteiger partial charge in [0.25, 0.3) is 5.35 Å². The Labute approximate surface area is 137 Å². The molecule has 3 heterocycles. The average Bonchev–Trinajstić information content (AvgIpc) is 3.26. The van der Waals surface area contributed by atoms with Crippen molar-refractivity contribution in [2.45, 2.75) is 13.0 Å². The highest BCUT2D eigenvalue weighted by Gasteiger charge is 2.22. The zero-order valence-corrected chi connectivity index (χ0v) is 13.3. The monoisotopic (exact) mass is 335 g/mol. The van der Waals surface area contributed by atoms with E-state index >= 15 is 0 Å². The van der Waals surface area contributed by atoms with E-state index < -0.39 is 0 Å². The predicted molar refractivity (Wildman–Crippen MR) is 81.6 cm³/mol. The molecule has 0 aromatic carbocycles. The van der Waals surface area contributed by atoms with Gasteiger partial charge in [-0.25, -0.2) is 9.97 Å². The highest BCUT2D eigenvalue weighted by Crippen LogP contribution is 2.29. The maximum Gasteiger partial charge on any atom is 0.292 e. The van der Waals surface area contributed by atoms with E-state index in [2.05, 4.69) is 21.5 Å². The van der Waals surface area contributed by atoms with Crippen LogP contribution in [0, 0.1) is 5.92 Å². The van der Waals surface area contributed by atoms with Gasteiger partial charge >= 0.3 is 0 Å². The van der Waals surface area contributed by atoms with E-state index in [1.807, 2.05) is 6.92 Å². The van der Waals surface area contributed by atoms with Crippen molar-refractivity contribution in [2.24, 2.45) is 5.92 Å². The topological polar surface area (TPSA) is 87.3 Å². The first-order valence-electron chi connectivity index (χ1n) is 6.80. The molecule has 0 saturated carbocycles. The van der Waals surface area contributed by atoms with Crippen molar-refractivity contribution in [1.82, 2.24) is 15.0 Å². The molecule has 3 rings (SSSR count). The Morgan fingerprint density at radius 2 is 1.74 bits per heavy atom. The van der Waals surface area contributed by atoms with Gasteiger partial charge in [-0.3, -0.25) is 0 Å². The zero-order valence-electron chi connectivity index (χ0n) is 12.5. The van der Waals surface area contributed by atoms with Gasteiger partial charge in [0.15, 0.2) is 11.4 Å². The van der Waals surface area contributed by atoms with Crippen LogP contribution in [0.5, 0.6) is 0 Å². The second-order valence-electron chi connectivity index (χ2n) is 4.85. The normalized spacial score (nSPS) is 13.9. The van der Waals surface area contributed by atoms with Gasteiger partial charge < -0.3 is 18.0 Å². The molecule has 8 heteroatoms. The number of methoxy groups -OCH3 is 1. The van der Waals surface area contributed by atoms with Crippen molar-refractivity contribution >= 4 is 11.6 Å². The van der Waals surface area contributed by atoms with Crippen LogP contribution in [-0.4, -0.2) is 22.1 Å². The Morgan fingerprint density at radius 1 is 1.09 bits per heavy atom. The van der Waals surface area contributed by atoms with Gasteiger partial charge in [-0.15, -0.1) is 6.58 Å². The van der Waals surface area contributed by atoms with Crippen LogP contribution in [0.3, 0.4) is 0 Å². The minimum atomic E-state index is -0.245. The van der Waals surface area contributed by atoms with Gasteiger partial charge in [0, 0.05) is 13.0 Å². The lowest BCUT2D eigenvalue weighted by molar-refractivity contribution is 0.0707. The molecule has 3 aromatic heterocycles. The molecule has 0 amide bonds. The Kier molecular flexibility index (Phi) is 4.31. The van der Waals surface area contributed by atoms with Gasteiger partial charge in [-0.05, 0) is 11.6 Å². The molecule has 2 atom stereocenters. The number of hydrogen-bond donors (Lipinski definition) is 0. The summed E-state index contributed by atoms with van der Waals surface area (Å²) in [6.07, 6.45) is 5.86. The van der Waals surface area contributed by atoms with Crippen LogP contribution in [0.2, 0.25) is 5.35 Å². The fourth-order valence-electron chi connectivity index (χ4n) is 2.10. The first-order valence-corrected chi connectivity index (χ1v) is 7.18. The zero-order chi connectivity index (χ0) is 16.4. The van der Waals surface area contributed by atoms with Crippen molar-refractivity contribution in [3.05, 3.63) is 42.5 Å². The molecular formula is C15H14ClN3O4. The maximum absolute atomic E-state index is 5.63. The Hall–Kier alpha value is -2.38. The molecule has 0 bridgehead atoms. The largest absolute Gasteiger partial charge is 0.443 e. The summed E-state index contributed by atoms with van der Waals surface area (Å²) in [5.41, 5.74) is 1.48. The van der Waals surface area contributed by atoms with Crippen LogP contribution in [0.25, 0.3) is 23.2 Å². The molecule has 0 N–H and O–H groups in total. The van der Waals surface area contributed by atoms with E-state index in [0.29, 0.717) is 23.0 Å². The van der Waals surface area contributed by atoms with Gasteiger partial charge in [-0.1, -0.05) is 13.0 Å². The minimum absolute atomic E-state index is 0.0134. The Balaban J connectivity index is 1.86. The predicted octanol–water partition coefficient (Wildman–Crippen LogP) is 4.15. The van der Waals surface area contributed by atoms with Gasteiger partial charge in [0.2, 0.25) is 11.8 Å². The van der Waals surface area contributed by atoms with Crippen LogP contribution in [0.15, 0.2) is 44.7 Å². The SMILES string of the molecule is C=C[C@H](C)[C@H](OC)c1coc(-c2coc(-c3coc(Cl)n3)n2)n1. The standard InChI is InChI=1S/C15H14ClN3O4/c1-4-8(2)12(20-3)9-5-21-13(17-9)10-6-22-14(18-10)11-7-23-15(16)19-11/h4-8,12H,1H2,2-3H3/t8-,12-/m0/s1. The summed E-state index contributed by atoms with van der Waals surface area (Å²) in [6, 6.07) is 0. The van der Waals surface area contributed by atoms with Crippen molar-refractivity contribution < 1.29 is 18.0 Å². The number of nitrogens with zero attached hydrogens (tertiary/aromatic N) is 3. The molecule has 23 heavy (non-hydrogen) atoms. The summed E-state index contributed by atoms with van der Waals surface area (Å²) in [5.74, 6) is 0.671. The highest BCUT2D eigenvalue weighted by atomic mass is 35.5. The van der Waals surface area contributed by atoms with E-state index in [0.717, 1.165) is 0 Å². The third kappa shape index (κ3) is 3.06. The summed E-state index contributed by atoms with van der Waals surface area (Å²) < 4.78 is 21.2. The molecular weight excluding hydrogens is 322 g/mol. The molecule has 0 radical (unpaired) electrons. The second-order valence-corrected chi connectivity index (χ2v) is 5.18. The van der Waals surface area contributed by atoms with Crippen molar-refractivity contribution in [1.29, 1.82) is 0 Å². The molecule has 0 saturated heterocycles. The number of ether oxygens (including phenoxy) is 1. The van der Waals surface area contributed by atoms with Gasteiger partial charge in [0.05, 0.1) is 0 Å². The van der Waals surface area contributed by atoms with Crippen molar-refractivity contribution in [3.63, 3.8) is 0 Å². The van der Waals surface area contributed by atoms with E-state index in [9.17, 15) is 0 Å². The molecule has 0 spiro atoms. The van der Waals surface area contributed by atoms with Crippen LogP contribution < -0.4 is 0 Å². The van der Waals surface area contributed by atoms with Crippen molar-refractivity contribution in [3.8, 4) is 23.2 Å². The third-order valence-corrected chi connectivity index (χ3v) is 3.51. The minimum Gasteiger partial charge on any atom is -0.443 e. The second kappa shape index (κ2) is 6.39. The van der Waals surface area contributed by atoms with Crippen molar-refractivity contribution in [2.75, 3.05) is 7.11 Å². The number of rotatable bonds is 6. The molecule has 0 aliphatic rings. The molecule has 3 aromatic rings. The summed E-state index contributed by atoms with van der Waals surface area (Å²) in [4.78, 5) is 12.6. The van der Waals surface area contributed by atoms with Gasteiger partial charge in [0.1, 0.15) is 30.6 Å². The average molecular weight is 336 g/mol. The quantitative estimate of drug-likeness (QED) is 0.625. The van der Waals surface area contributed by atoms with E-state index in [4.69, 9.17) is 29.6 Å². The molecule has 0 aliphatic heterocycles. The first-order chi connectivity index (χ1) is 11.1. The fourth-order valence-corrected chi connectivity index (χ4v) is 2.24. The van der Waals surface area contributed by atoms with E-state index in [1.165, 1.54) is 18.8 Å². The molecule has 0 unspecified atom stereocenters. The van der Waals surface area contributed by atoms with Crippen LogP contribution in [-0.2, 0) is 4.74 Å². The molecule has 7 nitrogen and oxygen atoms in total. The highest BCUT2D eigenvalue weighted by molar-refractivity contribution is 6.27. The Morgan fingerprint density at radius 3 is 2.39 bits per heavy atom. The Bertz CT molecular complexity index is 807. The fraction of sp³-hybridized carbons (Fsp3) is 0.267. The van der Waals surface area contributed by atoms with Crippen LogP contribution >= 0.6 is 11.6 Å². The molecule has 120 valence electrons. The van der Waals surface area contributed by atoms with Crippen LogP contribution in [0.4, 0.5) is 0 Å². The lowest BCUT2D eigenvalue weighted by Crippen LogP contribution is -2.10. The third-order valence-electron chi connectivity index (χ3n) is 3.34. The summed E-state index contributed by atoms with van der Waals surface area (Å²) >= 11 is 5.63. The lowest BCUT2D eigenvalue weighted by atomic mass is 10.0. The molecule has 0 aliphatic carbocycles. The number of hydrogen-bond acceptors (Lipinski definition) is 7. The van der Waals surface area contributed by atoms with E-state index in [-0.39, 0.29) is 23.3 Å².